The van der Waals surface area contributed by atoms with Crippen LogP contribution in [0.5, 0.6) is 5.75 Å². The molecule has 2 amide bonds. The van der Waals surface area contributed by atoms with Crippen molar-refractivity contribution in [2.45, 2.75) is 39.3 Å². The van der Waals surface area contributed by atoms with E-state index < -0.39 is 0 Å². The van der Waals surface area contributed by atoms with Crippen LogP contribution < -0.4 is 15.0 Å². The molecule has 1 aliphatic heterocycles. The van der Waals surface area contributed by atoms with Crippen LogP contribution in [0.15, 0.2) is 48.5 Å². The Labute approximate surface area is 137 Å². The summed E-state index contributed by atoms with van der Waals surface area (Å²) >= 11 is 0. The fourth-order valence-corrected chi connectivity index (χ4v) is 2.98. The van der Waals surface area contributed by atoms with Crippen LogP contribution in [0.25, 0.3) is 0 Å². The summed E-state index contributed by atoms with van der Waals surface area (Å²) in [5, 5.41) is 2.99. The smallest absolute Gasteiger partial charge is 0.326 e. The van der Waals surface area contributed by atoms with Crippen molar-refractivity contribution in [3.05, 3.63) is 54.1 Å². The molecule has 0 aliphatic carbocycles. The van der Waals surface area contributed by atoms with Crippen LogP contribution in [0.2, 0.25) is 0 Å². The van der Waals surface area contributed by atoms with Crippen molar-refractivity contribution < 1.29 is 9.53 Å². The lowest BCUT2D eigenvalue weighted by Gasteiger charge is -2.24. The monoisotopic (exact) mass is 310 g/mol. The van der Waals surface area contributed by atoms with Crippen LogP contribution in [-0.2, 0) is 6.42 Å². The Kier molecular flexibility index (Phi) is 4.24. The lowest BCUT2D eigenvalue weighted by atomic mass is 10.1. The molecular formula is C19H22N2O2. The highest BCUT2D eigenvalue weighted by Crippen LogP contribution is 2.33. The first-order chi connectivity index (χ1) is 11.1. The first-order valence-electron chi connectivity index (χ1n) is 8.00. The van der Waals surface area contributed by atoms with E-state index in [1.54, 1.807) is 0 Å². The molecule has 4 nitrogen and oxygen atoms in total. The van der Waals surface area contributed by atoms with Gasteiger partial charge in [-0.3, -0.25) is 4.90 Å². The Morgan fingerprint density at radius 2 is 1.87 bits per heavy atom. The van der Waals surface area contributed by atoms with E-state index >= 15 is 0 Å². The summed E-state index contributed by atoms with van der Waals surface area (Å²) in [7, 11) is 0. The topological polar surface area (TPSA) is 41.6 Å². The van der Waals surface area contributed by atoms with Crippen molar-refractivity contribution in [3.63, 3.8) is 0 Å². The van der Waals surface area contributed by atoms with Gasteiger partial charge in [-0.1, -0.05) is 30.3 Å². The number of urea groups is 1. The highest BCUT2D eigenvalue weighted by molar-refractivity contribution is 6.04. The molecule has 0 fully saturated rings. The third kappa shape index (κ3) is 3.16. The van der Waals surface area contributed by atoms with E-state index in [1.165, 1.54) is 5.56 Å². The molecule has 3 rings (SSSR count). The van der Waals surface area contributed by atoms with Crippen molar-refractivity contribution in [1.82, 2.24) is 0 Å². The van der Waals surface area contributed by atoms with E-state index in [0.717, 1.165) is 12.1 Å². The van der Waals surface area contributed by atoms with E-state index in [-0.39, 0.29) is 18.2 Å². The van der Waals surface area contributed by atoms with Crippen LogP contribution >= 0.6 is 0 Å². The molecule has 2 aromatic carbocycles. The number of carbonyl (C=O) groups excluding carboxylic acids is 1. The number of nitrogens with one attached hydrogen (secondary N) is 1. The van der Waals surface area contributed by atoms with Gasteiger partial charge in [0.05, 0.1) is 11.8 Å². The number of rotatable bonds is 3. The molecule has 0 saturated heterocycles. The number of ether oxygens (including phenoxy) is 1. The fourth-order valence-electron chi connectivity index (χ4n) is 2.98. The van der Waals surface area contributed by atoms with Gasteiger partial charge in [-0.25, -0.2) is 4.79 Å². The summed E-state index contributed by atoms with van der Waals surface area (Å²) in [5.74, 6) is 0.691. The van der Waals surface area contributed by atoms with Gasteiger partial charge in [-0.05, 0) is 51.0 Å². The number of anilines is 2. The van der Waals surface area contributed by atoms with Gasteiger partial charge in [0.25, 0.3) is 0 Å². The van der Waals surface area contributed by atoms with E-state index in [2.05, 4.69) is 18.3 Å². The first kappa shape index (κ1) is 15.4. The maximum atomic E-state index is 12.8. The number of benzene rings is 2. The van der Waals surface area contributed by atoms with E-state index in [4.69, 9.17) is 4.74 Å². The van der Waals surface area contributed by atoms with Gasteiger partial charge in [0.15, 0.2) is 0 Å². The summed E-state index contributed by atoms with van der Waals surface area (Å²) in [6, 6.07) is 15.6. The second-order valence-corrected chi connectivity index (χ2v) is 6.14. The molecule has 120 valence electrons. The Hall–Kier alpha value is -2.49. The summed E-state index contributed by atoms with van der Waals surface area (Å²) < 4.78 is 5.77. The number of carbonyl (C=O) groups is 1. The molecule has 0 spiro atoms. The van der Waals surface area contributed by atoms with Crippen LogP contribution in [0.1, 0.15) is 26.3 Å². The SMILES string of the molecule is CC(C)Oc1ccccc1NC(=O)N1c2ccccc2CC1C. The van der Waals surface area contributed by atoms with E-state index in [1.807, 2.05) is 61.2 Å². The number of hydrogen-bond acceptors (Lipinski definition) is 2. The lowest BCUT2D eigenvalue weighted by molar-refractivity contribution is 0.242. The molecule has 0 bridgehead atoms. The molecule has 1 N–H and O–H groups in total. The predicted molar refractivity (Wildman–Crippen MR) is 93.3 cm³/mol. The van der Waals surface area contributed by atoms with Gasteiger partial charge in [-0.15, -0.1) is 0 Å². The average Bonchev–Trinajstić information content (AvgIpc) is 2.84. The second-order valence-electron chi connectivity index (χ2n) is 6.14. The standard InChI is InChI=1S/C19H22N2O2/c1-13(2)23-18-11-7-5-9-16(18)20-19(22)21-14(3)12-15-8-4-6-10-17(15)21/h4-11,13-14H,12H2,1-3H3,(H,20,22). The maximum absolute atomic E-state index is 12.8. The van der Waals surface area contributed by atoms with Gasteiger partial charge in [0.1, 0.15) is 5.75 Å². The van der Waals surface area contributed by atoms with E-state index in [9.17, 15) is 4.79 Å². The van der Waals surface area contributed by atoms with Gasteiger partial charge >= 0.3 is 6.03 Å². The number of para-hydroxylation sites is 3. The van der Waals surface area contributed by atoms with Gasteiger partial charge in [0.2, 0.25) is 0 Å². The van der Waals surface area contributed by atoms with Crippen molar-refractivity contribution in [2.24, 2.45) is 0 Å². The Morgan fingerprint density at radius 3 is 2.65 bits per heavy atom. The first-order valence-corrected chi connectivity index (χ1v) is 8.00. The summed E-state index contributed by atoms with van der Waals surface area (Å²) in [6.45, 7) is 6.00. The molecular weight excluding hydrogens is 288 g/mol. The molecule has 0 saturated carbocycles. The molecule has 1 heterocycles. The minimum atomic E-state index is -0.123. The van der Waals surface area contributed by atoms with Gasteiger partial charge < -0.3 is 10.1 Å². The zero-order chi connectivity index (χ0) is 16.4. The highest BCUT2D eigenvalue weighted by Gasteiger charge is 2.30. The average molecular weight is 310 g/mol. The quantitative estimate of drug-likeness (QED) is 0.909. The van der Waals surface area contributed by atoms with Crippen molar-refractivity contribution in [1.29, 1.82) is 0 Å². The van der Waals surface area contributed by atoms with Gasteiger partial charge in [0, 0.05) is 11.7 Å². The summed E-state index contributed by atoms with van der Waals surface area (Å²) in [4.78, 5) is 14.6. The Bertz CT molecular complexity index is 712. The van der Waals surface area contributed by atoms with Crippen LogP contribution in [0, 0.1) is 0 Å². The maximum Gasteiger partial charge on any atom is 0.326 e. The number of hydrogen-bond donors (Lipinski definition) is 1. The molecule has 23 heavy (non-hydrogen) atoms. The minimum absolute atomic E-state index is 0.0551. The zero-order valence-corrected chi connectivity index (χ0v) is 13.7. The van der Waals surface area contributed by atoms with E-state index in [0.29, 0.717) is 11.4 Å². The summed E-state index contributed by atoms with van der Waals surface area (Å²) in [6.07, 6.45) is 0.938. The van der Waals surface area contributed by atoms with Gasteiger partial charge in [-0.2, -0.15) is 0 Å². The molecule has 1 unspecified atom stereocenters. The largest absolute Gasteiger partial charge is 0.489 e. The molecule has 1 aliphatic rings. The van der Waals surface area contributed by atoms with Crippen LogP contribution in [-0.4, -0.2) is 18.2 Å². The molecule has 1 atom stereocenters. The minimum Gasteiger partial charge on any atom is -0.489 e. The number of amides is 2. The molecule has 4 heteroatoms. The summed E-state index contributed by atoms with van der Waals surface area (Å²) in [5.41, 5.74) is 2.89. The molecule has 0 radical (unpaired) electrons. The second kappa shape index (κ2) is 6.32. The Morgan fingerprint density at radius 1 is 1.17 bits per heavy atom. The number of fused-ring (bicyclic) bond motifs is 1. The van der Waals surface area contributed by atoms with Crippen molar-refractivity contribution in [3.8, 4) is 5.75 Å². The highest BCUT2D eigenvalue weighted by atomic mass is 16.5. The van der Waals surface area contributed by atoms with Crippen molar-refractivity contribution in [2.75, 3.05) is 10.2 Å². The third-order valence-corrected chi connectivity index (χ3v) is 3.92. The molecule has 2 aromatic rings. The molecule has 0 aromatic heterocycles. The van der Waals surface area contributed by atoms with Crippen LogP contribution in [0.4, 0.5) is 16.2 Å². The third-order valence-electron chi connectivity index (χ3n) is 3.92. The number of nitrogens with zero attached hydrogens (tertiary/aromatic N) is 1. The van der Waals surface area contributed by atoms with Crippen LogP contribution in [0.3, 0.4) is 0 Å². The Balaban J connectivity index is 1.83. The van der Waals surface area contributed by atoms with Crippen molar-refractivity contribution >= 4 is 17.4 Å². The lowest BCUT2D eigenvalue weighted by Crippen LogP contribution is -2.39. The zero-order valence-electron chi connectivity index (χ0n) is 13.7. The fraction of sp³-hybridized carbons (Fsp3) is 0.316. The predicted octanol–water partition coefficient (Wildman–Crippen LogP) is 4.46. The normalized spacial score (nSPS) is 16.3.